The molecule has 1 N–H and O–H groups in total. The Morgan fingerprint density at radius 2 is 1.81 bits per heavy atom. The molecule has 0 aliphatic carbocycles. The summed E-state index contributed by atoms with van der Waals surface area (Å²) in [5.74, 6) is 0.624. The summed E-state index contributed by atoms with van der Waals surface area (Å²) in [4.78, 5) is 27.2. The summed E-state index contributed by atoms with van der Waals surface area (Å²) >= 11 is 12.9. The molecule has 0 unspecified atom stereocenters. The van der Waals surface area contributed by atoms with Crippen LogP contribution in [0.1, 0.15) is 21.5 Å². The van der Waals surface area contributed by atoms with Gasteiger partial charge < -0.3 is 15.0 Å². The van der Waals surface area contributed by atoms with Gasteiger partial charge >= 0.3 is 6.03 Å². The molecule has 3 aromatic carbocycles. The zero-order valence-electron chi connectivity index (χ0n) is 19.4. The number of benzene rings is 3. The average molecular weight is 532 g/mol. The molecule has 2 aliphatic rings. The molecule has 8 nitrogen and oxygen atoms in total. The van der Waals surface area contributed by atoms with Crippen LogP contribution in [0.5, 0.6) is 11.5 Å². The van der Waals surface area contributed by atoms with Crippen LogP contribution in [0, 0.1) is 11.3 Å². The number of nitriles is 1. The second-order valence-electron chi connectivity index (χ2n) is 8.40. The first kappa shape index (κ1) is 24.4. The number of halogens is 2. The Hall–Kier alpha value is -4.32. The van der Waals surface area contributed by atoms with Crippen LogP contribution in [-0.2, 0) is 13.0 Å². The molecule has 5 rings (SSSR count). The molecule has 0 radical (unpaired) electrons. The molecule has 3 aromatic rings. The minimum Gasteiger partial charge on any atom is -0.454 e. The Kier molecular flexibility index (Phi) is 6.57. The van der Waals surface area contributed by atoms with Crippen molar-refractivity contribution in [1.82, 2.24) is 10.2 Å². The van der Waals surface area contributed by atoms with E-state index in [-0.39, 0.29) is 38.8 Å². The highest BCUT2D eigenvalue weighted by molar-refractivity contribution is 6.37. The van der Waals surface area contributed by atoms with Crippen molar-refractivity contribution in [3.05, 3.63) is 99.7 Å². The minimum atomic E-state index is -0.606. The quantitative estimate of drug-likeness (QED) is 0.442. The van der Waals surface area contributed by atoms with E-state index in [1.165, 1.54) is 12.1 Å². The first-order valence-electron chi connectivity index (χ1n) is 11.3. The van der Waals surface area contributed by atoms with Gasteiger partial charge in [0.05, 0.1) is 21.4 Å². The van der Waals surface area contributed by atoms with Gasteiger partial charge in [0.1, 0.15) is 11.8 Å². The van der Waals surface area contributed by atoms with Gasteiger partial charge in [0, 0.05) is 18.7 Å². The first-order valence-corrected chi connectivity index (χ1v) is 12.0. The lowest BCUT2D eigenvalue weighted by atomic mass is 9.98. The number of hydrogen-bond acceptors (Lipinski definition) is 5. The van der Waals surface area contributed by atoms with E-state index in [2.05, 4.69) is 17.0 Å². The largest absolute Gasteiger partial charge is 0.454 e. The predicted octanol–water partition coefficient (Wildman–Crippen LogP) is 5.91. The summed E-state index contributed by atoms with van der Waals surface area (Å²) in [5.41, 5.74) is 2.89. The number of urea groups is 1. The summed E-state index contributed by atoms with van der Waals surface area (Å²) in [6.07, 6.45) is 0.681. The molecule has 10 heteroatoms. The van der Waals surface area contributed by atoms with Gasteiger partial charge in [0.2, 0.25) is 0 Å². The number of rotatable bonds is 5. The average Bonchev–Trinajstić information content (AvgIpc) is 2.88. The van der Waals surface area contributed by atoms with Crippen molar-refractivity contribution in [2.24, 2.45) is 5.10 Å². The van der Waals surface area contributed by atoms with Gasteiger partial charge in [0.15, 0.2) is 11.5 Å². The van der Waals surface area contributed by atoms with E-state index in [1.807, 2.05) is 41.3 Å². The highest BCUT2D eigenvalue weighted by atomic mass is 35.5. The van der Waals surface area contributed by atoms with Crippen molar-refractivity contribution in [2.75, 3.05) is 11.6 Å². The molecule has 2 heterocycles. The van der Waals surface area contributed by atoms with Crippen LogP contribution >= 0.6 is 23.2 Å². The highest BCUT2D eigenvalue weighted by Gasteiger charge is 2.27. The van der Waals surface area contributed by atoms with Crippen molar-refractivity contribution < 1.29 is 14.3 Å². The van der Waals surface area contributed by atoms with Crippen LogP contribution in [0.4, 0.5) is 10.5 Å². The fourth-order valence-electron chi connectivity index (χ4n) is 4.13. The van der Waals surface area contributed by atoms with Gasteiger partial charge in [-0.2, -0.15) is 15.4 Å². The SMILES string of the molecule is C=C1NC(=O)N(c2cc(Cl)c(Oc3ccc4c(c3)CCN(Cc3ccccc3)C4=O)c(Cl)c2)N=C1C#N. The topological polar surface area (TPSA) is 98.0 Å². The fourth-order valence-corrected chi connectivity index (χ4v) is 4.68. The smallest absolute Gasteiger partial charge is 0.347 e. The van der Waals surface area contributed by atoms with E-state index in [0.29, 0.717) is 30.8 Å². The predicted molar refractivity (Wildman–Crippen MR) is 141 cm³/mol. The summed E-state index contributed by atoms with van der Waals surface area (Å²) in [7, 11) is 0. The number of carbonyl (C=O) groups excluding carboxylic acids is 2. The molecule has 3 amide bonds. The number of hydrazone groups is 1. The molecular formula is C27H19Cl2N5O3. The van der Waals surface area contributed by atoms with E-state index < -0.39 is 6.03 Å². The maximum Gasteiger partial charge on any atom is 0.347 e. The summed E-state index contributed by atoms with van der Waals surface area (Å²) < 4.78 is 5.98. The molecule has 0 aromatic heterocycles. The number of amides is 3. The third kappa shape index (κ3) is 4.87. The maximum absolute atomic E-state index is 13.0. The second-order valence-corrected chi connectivity index (χ2v) is 9.22. The molecule has 0 saturated heterocycles. The lowest BCUT2D eigenvalue weighted by molar-refractivity contribution is 0.0727. The van der Waals surface area contributed by atoms with Crippen molar-refractivity contribution >= 4 is 46.5 Å². The molecule has 184 valence electrons. The van der Waals surface area contributed by atoms with Crippen molar-refractivity contribution in [1.29, 1.82) is 5.26 Å². The van der Waals surface area contributed by atoms with E-state index in [0.717, 1.165) is 16.1 Å². The van der Waals surface area contributed by atoms with Crippen molar-refractivity contribution in [3.63, 3.8) is 0 Å². The van der Waals surface area contributed by atoms with E-state index in [9.17, 15) is 14.9 Å². The van der Waals surface area contributed by atoms with Gasteiger partial charge in [0.25, 0.3) is 5.91 Å². The second kappa shape index (κ2) is 9.97. The standard InChI is InChI=1S/C27H19Cl2N5O3/c1-16-24(14-30)32-34(27(36)31-16)19-12-22(28)25(23(29)13-19)37-20-7-8-21-18(11-20)9-10-33(26(21)35)15-17-5-3-2-4-6-17/h2-8,11-13H,1,9-10,15H2,(H,31,36). The zero-order chi connectivity index (χ0) is 26.1. The molecule has 0 saturated carbocycles. The number of nitrogens with one attached hydrogen (secondary N) is 1. The maximum atomic E-state index is 13.0. The normalized spacial score (nSPS) is 15.1. The van der Waals surface area contributed by atoms with E-state index >= 15 is 0 Å². The van der Waals surface area contributed by atoms with Crippen LogP contribution in [-0.4, -0.2) is 29.1 Å². The number of hydrogen-bond donors (Lipinski definition) is 1. The van der Waals surface area contributed by atoms with E-state index in [4.69, 9.17) is 27.9 Å². The van der Waals surface area contributed by atoms with Crippen molar-refractivity contribution in [2.45, 2.75) is 13.0 Å². The lowest BCUT2D eigenvalue weighted by Crippen LogP contribution is -2.42. The Balaban J connectivity index is 1.36. The van der Waals surface area contributed by atoms with Crippen molar-refractivity contribution in [3.8, 4) is 17.6 Å². The summed E-state index contributed by atoms with van der Waals surface area (Å²) in [6, 6.07) is 19.3. The van der Waals surface area contributed by atoms with Crippen LogP contribution in [0.3, 0.4) is 0 Å². The Morgan fingerprint density at radius 3 is 2.51 bits per heavy atom. The Labute approximate surface area is 222 Å². The molecule has 0 bridgehead atoms. The molecule has 0 spiro atoms. The molecular weight excluding hydrogens is 513 g/mol. The Morgan fingerprint density at radius 1 is 1.08 bits per heavy atom. The van der Waals surface area contributed by atoms with Gasteiger partial charge in [-0.1, -0.05) is 60.1 Å². The lowest BCUT2D eigenvalue weighted by Gasteiger charge is -2.29. The number of allylic oxidation sites excluding steroid dienone is 1. The minimum absolute atomic E-state index is 0.0307. The summed E-state index contributed by atoms with van der Waals surface area (Å²) in [5, 5.41) is 16.9. The third-order valence-electron chi connectivity index (χ3n) is 5.95. The van der Waals surface area contributed by atoms with Crippen LogP contribution in [0.15, 0.2) is 78.0 Å². The molecule has 2 aliphatic heterocycles. The fraction of sp³-hybridized carbons (Fsp3) is 0.111. The number of anilines is 1. The van der Waals surface area contributed by atoms with Crippen LogP contribution < -0.4 is 15.1 Å². The summed E-state index contributed by atoms with van der Waals surface area (Å²) in [6.45, 7) is 4.74. The zero-order valence-corrected chi connectivity index (χ0v) is 20.9. The Bertz CT molecular complexity index is 1490. The highest BCUT2D eigenvalue weighted by Crippen LogP contribution is 2.41. The molecule has 0 atom stereocenters. The third-order valence-corrected chi connectivity index (χ3v) is 6.51. The van der Waals surface area contributed by atoms with Gasteiger partial charge in [-0.15, -0.1) is 0 Å². The number of nitrogens with zero attached hydrogens (tertiary/aromatic N) is 4. The van der Waals surface area contributed by atoms with Gasteiger partial charge in [-0.3, -0.25) is 4.79 Å². The number of fused-ring (bicyclic) bond motifs is 1. The molecule has 37 heavy (non-hydrogen) atoms. The van der Waals surface area contributed by atoms with Gasteiger partial charge in [-0.25, -0.2) is 4.79 Å². The number of ether oxygens (including phenoxy) is 1. The monoisotopic (exact) mass is 531 g/mol. The van der Waals surface area contributed by atoms with Crippen LogP contribution in [0.2, 0.25) is 10.0 Å². The van der Waals surface area contributed by atoms with E-state index in [1.54, 1.807) is 18.2 Å². The first-order chi connectivity index (χ1) is 17.8. The van der Waals surface area contributed by atoms with Crippen LogP contribution in [0.25, 0.3) is 0 Å². The molecule has 0 fully saturated rings. The number of carbonyl (C=O) groups is 2. The van der Waals surface area contributed by atoms with Gasteiger partial charge in [-0.05, 0) is 47.9 Å².